The maximum atomic E-state index is 12.4. The van der Waals surface area contributed by atoms with Crippen LogP contribution in [0.1, 0.15) is 5.56 Å². The number of hydrogen-bond acceptors (Lipinski definition) is 4. The van der Waals surface area contributed by atoms with Crippen molar-refractivity contribution in [2.45, 2.75) is 4.90 Å². The Balaban J connectivity index is 2.17. The molecule has 0 bridgehead atoms. The van der Waals surface area contributed by atoms with E-state index in [0.29, 0.717) is 17.1 Å². The van der Waals surface area contributed by atoms with Crippen molar-refractivity contribution in [3.05, 3.63) is 35.9 Å². The number of carbonyl (C=O) groups is 1. The fourth-order valence-electron chi connectivity index (χ4n) is 1.93. The molecule has 0 spiro atoms. The van der Waals surface area contributed by atoms with E-state index >= 15 is 0 Å². The Morgan fingerprint density at radius 3 is 2.29 bits per heavy atom. The largest absolute Gasteiger partial charge is 0.478 e. The lowest BCUT2D eigenvalue weighted by molar-refractivity contribution is -0.131. The summed E-state index contributed by atoms with van der Waals surface area (Å²) in [5.41, 5.74) is 0.607. The first-order valence-corrected chi connectivity index (χ1v) is 9.18. The highest BCUT2D eigenvalue weighted by molar-refractivity contribution is 7.89. The molecule has 2 rings (SSSR count). The Labute approximate surface area is 125 Å². The normalized spacial score (nSPS) is 18.1. The van der Waals surface area contributed by atoms with Crippen LogP contribution in [0.5, 0.6) is 0 Å². The third-order valence-electron chi connectivity index (χ3n) is 3.07. The second kappa shape index (κ2) is 6.50. The van der Waals surface area contributed by atoms with Crippen molar-refractivity contribution in [3.8, 4) is 0 Å². The van der Waals surface area contributed by atoms with Crippen LogP contribution < -0.4 is 0 Å². The van der Waals surface area contributed by atoms with Gasteiger partial charge >= 0.3 is 5.97 Å². The molecular formula is C13H15NO5S2. The van der Waals surface area contributed by atoms with Gasteiger partial charge in [-0.1, -0.05) is 12.1 Å². The monoisotopic (exact) mass is 329 g/mol. The summed E-state index contributed by atoms with van der Waals surface area (Å²) in [6.45, 7) is 0.519. The van der Waals surface area contributed by atoms with Gasteiger partial charge in [0.1, 0.15) is 0 Å². The van der Waals surface area contributed by atoms with Gasteiger partial charge in [-0.15, -0.1) is 0 Å². The molecule has 6 nitrogen and oxygen atoms in total. The van der Waals surface area contributed by atoms with E-state index in [1.807, 2.05) is 0 Å². The van der Waals surface area contributed by atoms with Gasteiger partial charge in [0.2, 0.25) is 10.0 Å². The van der Waals surface area contributed by atoms with Crippen LogP contribution in [0.25, 0.3) is 6.08 Å². The molecule has 1 fully saturated rings. The molecule has 1 N–H and O–H groups in total. The summed E-state index contributed by atoms with van der Waals surface area (Å²) in [7, 11) is -4.51. The van der Waals surface area contributed by atoms with Gasteiger partial charge in [-0.2, -0.15) is 4.31 Å². The van der Waals surface area contributed by atoms with Gasteiger partial charge in [-0.25, -0.2) is 13.2 Å². The molecule has 21 heavy (non-hydrogen) atoms. The van der Waals surface area contributed by atoms with E-state index < -0.39 is 26.8 Å². The van der Waals surface area contributed by atoms with Crippen molar-refractivity contribution in [2.75, 3.05) is 24.6 Å². The maximum absolute atomic E-state index is 12.4. The molecule has 0 saturated carbocycles. The third kappa shape index (κ3) is 3.99. The zero-order valence-corrected chi connectivity index (χ0v) is 12.8. The predicted molar refractivity (Wildman–Crippen MR) is 79.7 cm³/mol. The quantitative estimate of drug-likeness (QED) is 0.814. The Bertz CT molecular complexity index is 669. The second-order valence-electron chi connectivity index (χ2n) is 4.49. The van der Waals surface area contributed by atoms with E-state index in [2.05, 4.69) is 0 Å². The van der Waals surface area contributed by atoms with Gasteiger partial charge < -0.3 is 5.11 Å². The fourth-order valence-corrected chi connectivity index (χ4v) is 4.65. The summed E-state index contributed by atoms with van der Waals surface area (Å²) in [4.78, 5) is 10.6. The molecule has 1 aliphatic rings. The first kappa shape index (κ1) is 15.9. The fraction of sp³-hybridized carbons (Fsp3) is 0.308. The Hall–Kier alpha value is -1.51. The van der Waals surface area contributed by atoms with Crippen LogP contribution in [0.3, 0.4) is 0 Å². The van der Waals surface area contributed by atoms with Crippen LogP contribution in [0.4, 0.5) is 0 Å². The third-order valence-corrected chi connectivity index (χ3v) is 6.26. The lowest BCUT2D eigenvalue weighted by atomic mass is 10.2. The summed E-state index contributed by atoms with van der Waals surface area (Å²) in [6.07, 6.45) is 2.38. The Kier molecular flexibility index (Phi) is 4.92. The smallest absolute Gasteiger partial charge is 0.328 e. The molecule has 1 aliphatic heterocycles. The van der Waals surface area contributed by atoms with Crippen molar-refractivity contribution >= 4 is 32.9 Å². The minimum Gasteiger partial charge on any atom is -0.478 e. The summed E-state index contributed by atoms with van der Waals surface area (Å²) in [5, 5.41) is 8.54. The Morgan fingerprint density at radius 1 is 1.19 bits per heavy atom. The van der Waals surface area contributed by atoms with Crippen LogP contribution in [-0.4, -0.2) is 52.6 Å². The molecule has 0 aliphatic carbocycles. The molecule has 1 aromatic rings. The van der Waals surface area contributed by atoms with Crippen LogP contribution in [0.2, 0.25) is 0 Å². The standard InChI is InChI=1S/C13H15NO5S2/c15-13(16)6-3-11-1-4-12(5-2-11)21(18,19)14-7-9-20(17)10-8-14/h1-6H,7-10H2,(H,15,16). The summed E-state index contributed by atoms with van der Waals surface area (Å²) in [6, 6.07) is 5.99. The molecule has 0 aromatic heterocycles. The summed E-state index contributed by atoms with van der Waals surface area (Å²) >= 11 is 0. The highest BCUT2D eigenvalue weighted by Gasteiger charge is 2.27. The lowest BCUT2D eigenvalue weighted by Crippen LogP contribution is -2.41. The van der Waals surface area contributed by atoms with Crippen molar-refractivity contribution < 1.29 is 22.5 Å². The molecule has 0 amide bonds. The number of carboxylic acids is 1. The number of carboxylic acid groups (broad SMARTS) is 1. The average molecular weight is 329 g/mol. The molecule has 1 heterocycles. The SMILES string of the molecule is O=C(O)C=Cc1ccc(S(=O)(=O)N2CCS(=O)CC2)cc1. The molecule has 0 unspecified atom stereocenters. The highest BCUT2D eigenvalue weighted by Crippen LogP contribution is 2.18. The Morgan fingerprint density at radius 2 is 1.76 bits per heavy atom. The van der Waals surface area contributed by atoms with Gasteiger partial charge in [-0.05, 0) is 23.8 Å². The van der Waals surface area contributed by atoms with Gasteiger partial charge in [0.25, 0.3) is 0 Å². The second-order valence-corrected chi connectivity index (χ2v) is 8.13. The number of hydrogen-bond donors (Lipinski definition) is 1. The first-order valence-electron chi connectivity index (χ1n) is 6.26. The van der Waals surface area contributed by atoms with Gasteiger partial charge in [-0.3, -0.25) is 4.21 Å². The average Bonchev–Trinajstić information content (AvgIpc) is 2.46. The number of sulfonamides is 1. The number of rotatable bonds is 4. The van der Waals surface area contributed by atoms with E-state index in [4.69, 9.17) is 5.11 Å². The van der Waals surface area contributed by atoms with Crippen LogP contribution in [0, 0.1) is 0 Å². The highest BCUT2D eigenvalue weighted by atomic mass is 32.2. The number of nitrogens with zero attached hydrogens (tertiary/aromatic N) is 1. The topological polar surface area (TPSA) is 91.8 Å². The van der Waals surface area contributed by atoms with E-state index in [-0.39, 0.29) is 18.0 Å². The minimum absolute atomic E-state index is 0.155. The predicted octanol–water partition coefficient (Wildman–Crippen LogP) is 0.537. The van der Waals surface area contributed by atoms with Crippen molar-refractivity contribution in [2.24, 2.45) is 0 Å². The number of benzene rings is 1. The zero-order chi connectivity index (χ0) is 15.5. The van der Waals surface area contributed by atoms with E-state index in [1.165, 1.54) is 22.5 Å². The zero-order valence-electron chi connectivity index (χ0n) is 11.1. The van der Waals surface area contributed by atoms with Crippen molar-refractivity contribution in [1.29, 1.82) is 0 Å². The maximum Gasteiger partial charge on any atom is 0.328 e. The summed E-state index contributed by atoms with van der Waals surface area (Å²) < 4.78 is 37.4. The minimum atomic E-state index is -3.58. The molecule has 8 heteroatoms. The molecule has 1 saturated heterocycles. The van der Waals surface area contributed by atoms with Crippen LogP contribution in [-0.2, 0) is 25.6 Å². The van der Waals surface area contributed by atoms with Crippen molar-refractivity contribution in [1.82, 2.24) is 4.31 Å². The van der Waals surface area contributed by atoms with Gasteiger partial charge in [0.15, 0.2) is 0 Å². The molecule has 114 valence electrons. The molecule has 1 aromatic carbocycles. The van der Waals surface area contributed by atoms with E-state index in [0.717, 1.165) is 6.08 Å². The molecule has 0 atom stereocenters. The van der Waals surface area contributed by atoms with Crippen LogP contribution in [0.15, 0.2) is 35.2 Å². The lowest BCUT2D eigenvalue weighted by Gasteiger charge is -2.25. The van der Waals surface area contributed by atoms with Gasteiger partial charge in [0, 0.05) is 41.5 Å². The number of aliphatic carboxylic acids is 1. The van der Waals surface area contributed by atoms with Crippen LogP contribution >= 0.6 is 0 Å². The van der Waals surface area contributed by atoms with Crippen molar-refractivity contribution in [3.63, 3.8) is 0 Å². The first-order chi connectivity index (χ1) is 9.89. The summed E-state index contributed by atoms with van der Waals surface area (Å²) in [5.74, 6) is -0.342. The molecular weight excluding hydrogens is 314 g/mol. The molecule has 0 radical (unpaired) electrons. The van der Waals surface area contributed by atoms with E-state index in [9.17, 15) is 17.4 Å². The van der Waals surface area contributed by atoms with E-state index in [1.54, 1.807) is 12.1 Å². The van der Waals surface area contributed by atoms with Gasteiger partial charge in [0.05, 0.1) is 4.90 Å².